The molecule has 0 aliphatic carbocycles. The molecule has 0 unspecified atom stereocenters. The van der Waals surface area contributed by atoms with Crippen LogP contribution in [0, 0.1) is 5.92 Å². The number of hydrogen-bond donors (Lipinski definition) is 1. The predicted octanol–water partition coefficient (Wildman–Crippen LogP) is 2.35. The monoisotopic (exact) mass is 200 g/mol. The number of likely N-dealkylation sites (N-methyl/N-ethyl adjacent to an activating group) is 1. The smallest absolute Gasteiger partial charge is 0.0106 e. The van der Waals surface area contributed by atoms with Crippen LogP contribution in [0.3, 0.4) is 0 Å². The zero-order chi connectivity index (χ0) is 11.0. The molecule has 0 rings (SSSR count). The molecule has 0 amide bonds. The molecule has 0 bridgehead atoms. The first-order valence-corrected chi connectivity index (χ1v) is 6.02. The lowest BCUT2D eigenvalue weighted by molar-refractivity contribution is 0.270. The fourth-order valence-electron chi connectivity index (χ4n) is 1.40. The van der Waals surface area contributed by atoms with Gasteiger partial charge in [-0.3, -0.25) is 0 Å². The summed E-state index contributed by atoms with van der Waals surface area (Å²) in [5.74, 6) is 0.861. The normalized spacial score (nSPS) is 12.0. The van der Waals surface area contributed by atoms with Crippen molar-refractivity contribution in [1.29, 1.82) is 0 Å². The van der Waals surface area contributed by atoms with Crippen LogP contribution >= 0.6 is 0 Å². The van der Waals surface area contributed by atoms with E-state index in [1.807, 2.05) is 0 Å². The predicted molar refractivity (Wildman–Crippen MR) is 64.7 cm³/mol. The van der Waals surface area contributed by atoms with Crippen LogP contribution < -0.4 is 5.32 Å². The fraction of sp³-hybridized carbons (Fsp3) is 1.00. The van der Waals surface area contributed by atoms with Crippen molar-refractivity contribution in [3.63, 3.8) is 0 Å². The van der Waals surface area contributed by atoms with E-state index in [2.05, 4.69) is 45.0 Å². The molecule has 2 heteroatoms. The van der Waals surface area contributed by atoms with Crippen molar-refractivity contribution in [2.75, 3.05) is 26.7 Å². The van der Waals surface area contributed by atoms with E-state index in [0.717, 1.165) is 19.0 Å². The highest BCUT2D eigenvalue weighted by Gasteiger charge is 2.04. The summed E-state index contributed by atoms with van der Waals surface area (Å²) in [6.07, 6.45) is 2.59. The lowest BCUT2D eigenvalue weighted by Gasteiger charge is -2.21. The lowest BCUT2D eigenvalue weighted by atomic mass is 10.0. The minimum absolute atomic E-state index is 0.657. The van der Waals surface area contributed by atoms with Crippen LogP contribution in [0.1, 0.15) is 40.5 Å². The average molecular weight is 200 g/mol. The average Bonchev–Trinajstić information content (AvgIpc) is 2.17. The summed E-state index contributed by atoms with van der Waals surface area (Å²) >= 11 is 0. The second-order valence-corrected chi connectivity index (χ2v) is 4.46. The Morgan fingerprint density at radius 3 is 2.14 bits per heavy atom. The van der Waals surface area contributed by atoms with Gasteiger partial charge < -0.3 is 10.2 Å². The summed E-state index contributed by atoms with van der Waals surface area (Å²) in [5, 5.41) is 3.53. The Kier molecular flexibility index (Phi) is 8.20. The summed E-state index contributed by atoms with van der Waals surface area (Å²) < 4.78 is 0. The van der Waals surface area contributed by atoms with Crippen molar-refractivity contribution in [2.45, 2.75) is 46.6 Å². The number of hydrogen-bond acceptors (Lipinski definition) is 2. The molecule has 0 heterocycles. The van der Waals surface area contributed by atoms with Crippen molar-refractivity contribution in [1.82, 2.24) is 10.2 Å². The maximum Gasteiger partial charge on any atom is 0.0106 e. The SMILES string of the molecule is CCC(CC)CNCCN(C)C(C)C. The molecule has 0 spiro atoms. The topological polar surface area (TPSA) is 15.3 Å². The molecular formula is C12H28N2. The molecule has 0 aliphatic rings. The highest BCUT2D eigenvalue weighted by Crippen LogP contribution is 2.04. The molecule has 0 saturated carbocycles. The summed E-state index contributed by atoms with van der Waals surface area (Å²) in [6.45, 7) is 12.5. The first-order chi connectivity index (χ1) is 6.61. The summed E-state index contributed by atoms with van der Waals surface area (Å²) in [5.41, 5.74) is 0. The minimum atomic E-state index is 0.657. The molecule has 1 N–H and O–H groups in total. The van der Waals surface area contributed by atoms with Gasteiger partial charge in [0.1, 0.15) is 0 Å². The van der Waals surface area contributed by atoms with Gasteiger partial charge in [-0.15, -0.1) is 0 Å². The first-order valence-electron chi connectivity index (χ1n) is 6.02. The van der Waals surface area contributed by atoms with Crippen LogP contribution in [0.15, 0.2) is 0 Å². The lowest BCUT2D eigenvalue weighted by Crippen LogP contribution is -2.35. The van der Waals surface area contributed by atoms with Crippen molar-refractivity contribution in [3.05, 3.63) is 0 Å². The Bertz CT molecular complexity index is 115. The second kappa shape index (κ2) is 8.25. The maximum atomic E-state index is 3.53. The van der Waals surface area contributed by atoms with E-state index in [9.17, 15) is 0 Å². The van der Waals surface area contributed by atoms with Crippen molar-refractivity contribution in [3.8, 4) is 0 Å². The van der Waals surface area contributed by atoms with E-state index >= 15 is 0 Å². The Hall–Kier alpha value is -0.0800. The molecule has 86 valence electrons. The van der Waals surface area contributed by atoms with E-state index in [4.69, 9.17) is 0 Å². The Morgan fingerprint density at radius 1 is 1.14 bits per heavy atom. The van der Waals surface area contributed by atoms with Gasteiger partial charge in [0.05, 0.1) is 0 Å². The van der Waals surface area contributed by atoms with E-state index in [-0.39, 0.29) is 0 Å². The van der Waals surface area contributed by atoms with Crippen LogP contribution in [-0.2, 0) is 0 Å². The van der Waals surface area contributed by atoms with Gasteiger partial charge in [-0.25, -0.2) is 0 Å². The molecule has 2 nitrogen and oxygen atoms in total. The fourth-order valence-corrected chi connectivity index (χ4v) is 1.40. The zero-order valence-electron chi connectivity index (χ0n) is 10.6. The van der Waals surface area contributed by atoms with Gasteiger partial charge in [0.15, 0.2) is 0 Å². The Labute approximate surface area is 90.1 Å². The van der Waals surface area contributed by atoms with E-state index in [1.54, 1.807) is 0 Å². The number of nitrogens with one attached hydrogen (secondary N) is 1. The molecule has 14 heavy (non-hydrogen) atoms. The van der Waals surface area contributed by atoms with Crippen LogP contribution in [0.4, 0.5) is 0 Å². The van der Waals surface area contributed by atoms with Gasteiger partial charge >= 0.3 is 0 Å². The molecular weight excluding hydrogens is 172 g/mol. The second-order valence-electron chi connectivity index (χ2n) is 4.46. The van der Waals surface area contributed by atoms with Gasteiger partial charge in [0.25, 0.3) is 0 Å². The summed E-state index contributed by atoms with van der Waals surface area (Å²) in [4.78, 5) is 2.37. The molecule has 0 aromatic carbocycles. The number of nitrogens with zero attached hydrogens (tertiary/aromatic N) is 1. The molecule has 0 radical (unpaired) electrons. The van der Waals surface area contributed by atoms with E-state index < -0.39 is 0 Å². The van der Waals surface area contributed by atoms with Crippen molar-refractivity contribution < 1.29 is 0 Å². The highest BCUT2D eigenvalue weighted by molar-refractivity contribution is 4.62. The first kappa shape index (κ1) is 13.9. The number of rotatable bonds is 8. The quantitative estimate of drug-likeness (QED) is 0.605. The molecule has 0 aliphatic heterocycles. The van der Waals surface area contributed by atoms with Crippen LogP contribution in [0.25, 0.3) is 0 Å². The van der Waals surface area contributed by atoms with E-state index in [0.29, 0.717) is 6.04 Å². The van der Waals surface area contributed by atoms with Crippen LogP contribution in [-0.4, -0.2) is 37.6 Å². The summed E-state index contributed by atoms with van der Waals surface area (Å²) in [7, 11) is 2.18. The Balaban J connectivity index is 3.36. The minimum Gasteiger partial charge on any atom is -0.315 e. The van der Waals surface area contributed by atoms with Crippen molar-refractivity contribution >= 4 is 0 Å². The molecule has 0 saturated heterocycles. The van der Waals surface area contributed by atoms with Gasteiger partial charge in [-0.1, -0.05) is 26.7 Å². The van der Waals surface area contributed by atoms with Crippen molar-refractivity contribution in [2.24, 2.45) is 5.92 Å². The van der Waals surface area contributed by atoms with Crippen LogP contribution in [0.5, 0.6) is 0 Å². The maximum absolute atomic E-state index is 3.53. The van der Waals surface area contributed by atoms with E-state index in [1.165, 1.54) is 19.4 Å². The third-order valence-electron chi connectivity index (χ3n) is 3.11. The standard InChI is InChI=1S/C12H28N2/c1-6-12(7-2)10-13-8-9-14(5)11(3)4/h11-13H,6-10H2,1-5H3. The molecule has 0 atom stereocenters. The van der Waals surface area contributed by atoms with Gasteiger partial charge in [0, 0.05) is 19.1 Å². The third kappa shape index (κ3) is 6.39. The molecule has 0 aromatic heterocycles. The third-order valence-corrected chi connectivity index (χ3v) is 3.11. The highest BCUT2D eigenvalue weighted by atomic mass is 15.1. The molecule has 0 fully saturated rings. The Morgan fingerprint density at radius 2 is 1.71 bits per heavy atom. The largest absolute Gasteiger partial charge is 0.315 e. The van der Waals surface area contributed by atoms with Crippen LogP contribution in [0.2, 0.25) is 0 Å². The van der Waals surface area contributed by atoms with Gasteiger partial charge in [-0.05, 0) is 33.4 Å². The zero-order valence-corrected chi connectivity index (χ0v) is 10.6. The summed E-state index contributed by atoms with van der Waals surface area (Å²) in [6, 6.07) is 0.657. The van der Waals surface area contributed by atoms with Gasteiger partial charge in [0.2, 0.25) is 0 Å². The van der Waals surface area contributed by atoms with Gasteiger partial charge in [-0.2, -0.15) is 0 Å². The molecule has 0 aromatic rings.